The van der Waals surface area contributed by atoms with Gasteiger partial charge in [-0.3, -0.25) is 0 Å². The molecule has 0 fully saturated rings. The summed E-state index contributed by atoms with van der Waals surface area (Å²) in [5, 5.41) is 44.2. The van der Waals surface area contributed by atoms with Crippen LogP contribution in [0.4, 0.5) is 0 Å². The fourth-order valence-electron chi connectivity index (χ4n) is 0.546. The number of rotatable bonds is 5. The lowest BCUT2D eigenvalue weighted by Gasteiger charge is -2.22. The molecule has 0 heterocycles. The number of carbonyl (C=O) groups is 1. The largest absolute Gasteiger partial charge is 0.394 e. The summed E-state index contributed by atoms with van der Waals surface area (Å²) in [6, 6.07) is 0. The minimum atomic E-state index is -3.14. The molecule has 4 unspecified atom stereocenters. The third kappa shape index (κ3) is 2.84. The fraction of sp³-hybridized carbons (Fsp3) is 0.833. The molecule has 0 aromatic rings. The van der Waals surface area contributed by atoms with Crippen molar-refractivity contribution in [2.75, 3.05) is 6.56 Å². The van der Waals surface area contributed by atoms with Crippen LogP contribution in [0.1, 0.15) is 2.74 Å². The molecule has 0 aliphatic heterocycles. The number of aldehydes is 1. The second-order valence-corrected chi connectivity index (χ2v) is 2.18. The molecule has 0 saturated heterocycles. The zero-order valence-electron chi connectivity index (χ0n) is 8.03. The molecule has 0 aliphatic rings. The van der Waals surface area contributed by atoms with Crippen LogP contribution < -0.4 is 0 Å². The summed E-state index contributed by atoms with van der Waals surface area (Å²) < 4.78 is 13.2. The van der Waals surface area contributed by atoms with E-state index in [0.717, 1.165) is 0 Å². The summed E-state index contributed by atoms with van der Waals surface area (Å²) in [4.78, 5) is 9.96. The number of carbonyl (C=O) groups excluding carboxylic acids is 1. The summed E-state index contributed by atoms with van der Waals surface area (Å²) in [5.41, 5.74) is 0. The van der Waals surface area contributed by atoms with E-state index in [1.807, 2.05) is 0 Å². The van der Waals surface area contributed by atoms with Crippen molar-refractivity contribution >= 4 is 6.29 Å². The molecular formula is C6H12O6. The SMILES string of the molecule is [2H]C([2H])(O)C(O)C(O)C(O)C(O)C=O. The molecule has 0 bridgehead atoms. The molecule has 0 aromatic carbocycles. The quantitative estimate of drug-likeness (QED) is 0.283. The van der Waals surface area contributed by atoms with Crippen LogP contribution in [0.2, 0.25) is 0 Å². The summed E-state index contributed by atoms with van der Waals surface area (Å²) in [7, 11) is 0. The lowest BCUT2D eigenvalue weighted by Crippen LogP contribution is -2.46. The highest BCUT2D eigenvalue weighted by Gasteiger charge is 2.29. The van der Waals surface area contributed by atoms with Gasteiger partial charge in [0.1, 0.15) is 24.4 Å². The molecular weight excluding hydrogens is 168 g/mol. The Labute approximate surface area is 71.5 Å². The van der Waals surface area contributed by atoms with E-state index in [0.29, 0.717) is 0 Å². The highest BCUT2D eigenvalue weighted by molar-refractivity contribution is 5.56. The molecule has 72 valence electrons. The van der Waals surface area contributed by atoms with Gasteiger partial charge in [0, 0.05) is 0 Å². The summed E-state index contributed by atoms with van der Waals surface area (Å²) in [6.45, 7) is -3.14. The summed E-state index contributed by atoms with van der Waals surface area (Å²) >= 11 is 0. The van der Waals surface area contributed by atoms with Crippen molar-refractivity contribution in [1.82, 2.24) is 0 Å². The van der Waals surface area contributed by atoms with Crippen LogP contribution in [0.15, 0.2) is 0 Å². The highest BCUT2D eigenvalue weighted by atomic mass is 16.4. The Morgan fingerprint density at radius 2 is 1.75 bits per heavy atom. The van der Waals surface area contributed by atoms with Crippen LogP contribution in [-0.2, 0) is 4.79 Å². The number of aliphatic hydroxyl groups excluding tert-OH is 4. The third-order valence-corrected chi connectivity index (χ3v) is 1.30. The number of aliphatic hydroxyl groups is 5. The molecule has 4 atom stereocenters. The maximum Gasteiger partial charge on any atom is 0.151 e. The first-order valence-electron chi connectivity index (χ1n) is 4.11. The Morgan fingerprint density at radius 3 is 2.08 bits per heavy atom. The molecule has 0 spiro atoms. The Bertz CT molecular complexity index is 193. The first kappa shape index (κ1) is 8.09. The van der Waals surface area contributed by atoms with E-state index in [1.165, 1.54) is 0 Å². The maximum atomic E-state index is 9.96. The molecule has 0 aromatic heterocycles. The first-order chi connectivity index (χ1) is 6.21. The fourth-order valence-corrected chi connectivity index (χ4v) is 0.546. The van der Waals surface area contributed by atoms with Gasteiger partial charge in [0.25, 0.3) is 0 Å². The van der Waals surface area contributed by atoms with Gasteiger partial charge in [-0.2, -0.15) is 0 Å². The van der Waals surface area contributed by atoms with E-state index in [4.69, 9.17) is 28.3 Å². The van der Waals surface area contributed by atoms with Crippen molar-refractivity contribution < 1.29 is 33.1 Å². The van der Waals surface area contributed by atoms with Crippen LogP contribution >= 0.6 is 0 Å². The Balaban J connectivity index is 4.46. The first-order valence-corrected chi connectivity index (χ1v) is 3.11. The van der Waals surface area contributed by atoms with Gasteiger partial charge in [0.2, 0.25) is 0 Å². The summed E-state index contributed by atoms with van der Waals surface area (Å²) in [5.74, 6) is 0. The predicted molar refractivity (Wildman–Crippen MR) is 37.2 cm³/mol. The van der Waals surface area contributed by atoms with Gasteiger partial charge in [0.05, 0.1) is 9.30 Å². The van der Waals surface area contributed by atoms with E-state index in [-0.39, 0.29) is 6.29 Å². The zero-order chi connectivity index (χ0) is 11.5. The summed E-state index contributed by atoms with van der Waals surface area (Å²) in [6.07, 6.45) is -8.61. The second kappa shape index (κ2) is 5.18. The van der Waals surface area contributed by atoms with Gasteiger partial charge >= 0.3 is 0 Å². The monoisotopic (exact) mass is 182 g/mol. The van der Waals surface area contributed by atoms with Crippen molar-refractivity contribution in [3.8, 4) is 0 Å². The normalized spacial score (nSPS) is 24.8. The van der Waals surface area contributed by atoms with E-state index >= 15 is 0 Å². The van der Waals surface area contributed by atoms with E-state index < -0.39 is 31.0 Å². The van der Waals surface area contributed by atoms with Gasteiger partial charge in [0.15, 0.2) is 6.29 Å². The predicted octanol–water partition coefficient (Wildman–Crippen LogP) is -3.38. The Morgan fingerprint density at radius 1 is 1.25 bits per heavy atom. The van der Waals surface area contributed by atoms with Gasteiger partial charge in [-0.1, -0.05) is 0 Å². The average Bonchev–Trinajstić information content (AvgIpc) is 2.11. The minimum Gasteiger partial charge on any atom is -0.394 e. The molecule has 0 amide bonds. The lowest BCUT2D eigenvalue weighted by molar-refractivity contribution is -0.136. The standard InChI is InChI=1S/C6H12O6/c7-1-3(9)5(11)6(12)4(10)2-8/h1,3-6,8-12H,2H2/i2D2. The van der Waals surface area contributed by atoms with E-state index in [2.05, 4.69) is 0 Å². The van der Waals surface area contributed by atoms with Crippen molar-refractivity contribution in [1.29, 1.82) is 0 Å². The van der Waals surface area contributed by atoms with Crippen LogP contribution in [0.5, 0.6) is 0 Å². The van der Waals surface area contributed by atoms with Crippen LogP contribution in [0.3, 0.4) is 0 Å². The van der Waals surface area contributed by atoms with Crippen molar-refractivity contribution in [3.63, 3.8) is 0 Å². The maximum absolute atomic E-state index is 9.96. The van der Waals surface area contributed by atoms with Gasteiger partial charge < -0.3 is 30.3 Å². The minimum absolute atomic E-state index is 0.0897. The average molecular weight is 182 g/mol. The Hall–Kier alpha value is -0.530. The highest BCUT2D eigenvalue weighted by Crippen LogP contribution is 2.02. The topological polar surface area (TPSA) is 118 Å². The van der Waals surface area contributed by atoms with Crippen molar-refractivity contribution in [2.45, 2.75) is 24.4 Å². The van der Waals surface area contributed by atoms with E-state index in [9.17, 15) is 4.79 Å². The number of hydrogen-bond acceptors (Lipinski definition) is 6. The third-order valence-electron chi connectivity index (χ3n) is 1.30. The van der Waals surface area contributed by atoms with E-state index in [1.54, 1.807) is 0 Å². The van der Waals surface area contributed by atoms with Crippen LogP contribution in [0.25, 0.3) is 0 Å². The smallest absolute Gasteiger partial charge is 0.151 e. The number of hydrogen-bond donors (Lipinski definition) is 5. The molecule has 0 radical (unpaired) electrons. The molecule has 6 nitrogen and oxygen atoms in total. The van der Waals surface area contributed by atoms with Crippen molar-refractivity contribution in [2.24, 2.45) is 0 Å². The Kier molecular flexibility index (Phi) is 3.49. The van der Waals surface area contributed by atoms with Gasteiger partial charge in [-0.25, -0.2) is 0 Å². The molecule has 5 N–H and O–H groups in total. The molecule has 0 aliphatic carbocycles. The van der Waals surface area contributed by atoms with Crippen LogP contribution in [-0.4, -0.2) is 62.8 Å². The zero-order valence-corrected chi connectivity index (χ0v) is 6.03. The molecule has 0 saturated carbocycles. The van der Waals surface area contributed by atoms with Crippen LogP contribution in [0, 0.1) is 0 Å². The molecule has 6 heteroatoms. The van der Waals surface area contributed by atoms with Gasteiger partial charge in [-0.05, 0) is 0 Å². The molecule has 12 heavy (non-hydrogen) atoms. The molecule has 0 rings (SSSR count). The second-order valence-electron chi connectivity index (χ2n) is 2.18. The lowest BCUT2D eigenvalue weighted by atomic mass is 10.0. The van der Waals surface area contributed by atoms with Crippen molar-refractivity contribution in [3.05, 3.63) is 0 Å². The van der Waals surface area contributed by atoms with Gasteiger partial charge in [-0.15, -0.1) is 0 Å².